The summed E-state index contributed by atoms with van der Waals surface area (Å²) in [6, 6.07) is -0.256. The summed E-state index contributed by atoms with van der Waals surface area (Å²) in [6.07, 6.45) is 0. The average molecular weight is 146 g/mol. The molecule has 0 saturated heterocycles. The maximum Gasteiger partial charge on any atom is 0.322 e. The number of esters is 1. The minimum Gasteiger partial charge on any atom is -0.468 e. The van der Waals surface area contributed by atoms with Crippen LogP contribution in [-0.4, -0.2) is 32.2 Å². The summed E-state index contributed by atoms with van der Waals surface area (Å²) in [4.78, 5) is 10.7. The third-order valence-corrected chi connectivity index (χ3v) is 1.15. The standard InChI is InChI=1S/C6H14N2O2/c1-5(6(9)10-2)8-4-3-7/h5,8H,3-4,7H2,1-2H3/t5-/m0/s1. The quantitative estimate of drug-likeness (QED) is 0.504. The molecule has 4 heteroatoms. The van der Waals surface area contributed by atoms with Crippen LogP contribution in [0.15, 0.2) is 0 Å². The second-order valence-electron chi connectivity index (χ2n) is 1.99. The van der Waals surface area contributed by atoms with Crippen molar-refractivity contribution in [1.29, 1.82) is 0 Å². The van der Waals surface area contributed by atoms with E-state index in [2.05, 4.69) is 10.1 Å². The first-order valence-corrected chi connectivity index (χ1v) is 3.23. The van der Waals surface area contributed by atoms with Crippen molar-refractivity contribution in [1.82, 2.24) is 5.32 Å². The van der Waals surface area contributed by atoms with Crippen molar-refractivity contribution < 1.29 is 9.53 Å². The predicted molar refractivity (Wildman–Crippen MR) is 38.5 cm³/mol. The third-order valence-electron chi connectivity index (χ3n) is 1.15. The molecule has 3 N–H and O–H groups in total. The smallest absolute Gasteiger partial charge is 0.322 e. The van der Waals surface area contributed by atoms with Gasteiger partial charge in [-0.25, -0.2) is 0 Å². The molecule has 0 aromatic heterocycles. The number of rotatable bonds is 4. The highest BCUT2D eigenvalue weighted by Gasteiger charge is 2.09. The maximum absolute atomic E-state index is 10.7. The van der Waals surface area contributed by atoms with Crippen molar-refractivity contribution in [3.63, 3.8) is 0 Å². The Morgan fingerprint density at radius 3 is 2.80 bits per heavy atom. The number of nitrogens with two attached hydrogens (primary N) is 1. The molecule has 1 atom stereocenters. The van der Waals surface area contributed by atoms with Gasteiger partial charge < -0.3 is 15.8 Å². The first-order chi connectivity index (χ1) is 4.72. The van der Waals surface area contributed by atoms with E-state index in [1.54, 1.807) is 6.92 Å². The maximum atomic E-state index is 10.7. The Labute approximate surface area is 60.7 Å². The summed E-state index contributed by atoms with van der Waals surface area (Å²) < 4.78 is 4.47. The molecule has 60 valence electrons. The van der Waals surface area contributed by atoms with Crippen LogP contribution in [0.25, 0.3) is 0 Å². The summed E-state index contributed by atoms with van der Waals surface area (Å²) in [5.74, 6) is -0.256. The zero-order valence-corrected chi connectivity index (χ0v) is 6.39. The third kappa shape index (κ3) is 3.42. The van der Waals surface area contributed by atoms with E-state index in [-0.39, 0.29) is 12.0 Å². The minimum atomic E-state index is -0.256. The van der Waals surface area contributed by atoms with Crippen LogP contribution in [0.2, 0.25) is 0 Å². The highest BCUT2D eigenvalue weighted by molar-refractivity contribution is 5.74. The normalized spacial score (nSPS) is 12.7. The Hall–Kier alpha value is -0.610. The van der Waals surface area contributed by atoms with Gasteiger partial charge in [0.25, 0.3) is 0 Å². The van der Waals surface area contributed by atoms with Gasteiger partial charge in [-0.1, -0.05) is 0 Å². The Morgan fingerprint density at radius 1 is 1.80 bits per heavy atom. The van der Waals surface area contributed by atoms with Gasteiger partial charge in [-0.2, -0.15) is 0 Å². The van der Waals surface area contributed by atoms with Gasteiger partial charge in [-0.05, 0) is 6.92 Å². The molecule has 0 spiro atoms. The van der Waals surface area contributed by atoms with Crippen LogP contribution >= 0.6 is 0 Å². The Morgan fingerprint density at radius 2 is 2.40 bits per heavy atom. The number of hydrogen-bond donors (Lipinski definition) is 2. The molecule has 0 bridgehead atoms. The van der Waals surface area contributed by atoms with E-state index in [4.69, 9.17) is 5.73 Å². The van der Waals surface area contributed by atoms with Gasteiger partial charge in [0.2, 0.25) is 0 Å². The summed E-state index contributed by atoms with van der Waals surface area (Å²) >= 11 is 0. The van der Waals surface area contributed by atoms with Gasteiger partial charge in [-0.15, -0.1) is 0 Å². The summed E-state index contributed by atoms with van der Waals surface area (Å²) in [6.45, 7) is 2.90. The van der Waals surface area contributed by atoms with E-state index in [0.29, 0.717) is 13.1 Å². The van der Waals surface area contributed by atoms with E-state index in [1.807, 2.05) is 0 Å². The van der Waals surface area contributed by atoms with Gasteiger partial charge in [0.05, 0.1) is 7.11 Å². The van der Waals surface area contributed by atoms with Crippen LogP contribution in [0, 0.1) is 0 Å². The number of carbonyl (C=O) groups is 1. The molecule has 0 amide bonds. The van der Waals surface area contributed by atoms with Gasteiger partial charge in [0.15, 0.2) is 0 Å². The zero-order chi connectivity index (χ0) is 7.98. The largest absolute Gasteiger partial charge is 0.468 e. The summed E-state index contributed by atoms with van der Waals surface area (Å²) in [5.41, 5.74) is 5.20. The minimum absolute atomic E-state index is 0.256. The molecule has 0 saturated carbocycles. The number of nitrogens with one attached hydrogen (secondary N) is 1. The second kappa shape index (κ2) is 5.20. The summed E-state index contributed by atoms with van der Waals surface area (Å²) in [7, 11) is 1.36. The highest BCUT2D eigenvalue weighted by Crippen LogP contribution is 1.83. The molecule has 0 fully saturated rings. The van der Waals surface area contributed by atoms with Crippen LogP contribution in [0.4, 0.5) is 0 Å². The first kappa shape index (κ1) is 9.39. The van der Waals surface area contributed by atoms with Crippen molar-refractivity contribution in [2.45, 2.75) is 13.0 Å². The molecule has 0 aromatic carbocycles. The molecule has 4 nitrogen and oxygen atoms in total. The van der Waals surface area contributed by atoms with E-state index in [1.165, 1.54) is 7.11 Å². The molecule has 0 aliphatic rings. The second-order valence-corrected chi connectivity index (χ2v) is 1.99. The lowest BCUT2D eigenvalue weighted by molar-refractivity contribution is -0.142. The Balaban J connectivity index is 3.41. The van der Waals surface area contributed by atoms with Gasteiger partial charge in [-0.3, -0.25) is 4.79 Å². The highest BCUT2D eigenvalue weighted by atomic mass is 16.5. The molecule has 0 rings (SSSR count). The molecular weight excluding hydrogens is 132 g/mol. The fourth-order valence-electron chi connectivity index (χ4n) is 0.560. The molecule has 0 radical (unpaired) electrons. The lowest BCUT2D eigenvalue weighted by atomic mass is 10.3. The van der Waals surface area contributed by atoms with E-state index in [0.717, 1.165) is 0 Å². The Bertz CT molecular complexity index is 106. The van der Waals surface area contributed by atoms with Crippen molar-refractivity contribution in [2.24, 2.45) is 5.73 Å². The first-order valence-electron chi connectivity index (χ1n) is 3.23. The zero-order valence-electron chi connectivity index (χ0n) is 6.39. The number of hydrogen-bond acceptors (Lipinski definition) is 4. The predicted octanol–water partition coefficient (Wildman–Crippen LogP) is -0.904. The summed E-state index contributed by atoms with van der Waals surface area (Å²) in [5, 5.41) is 2.88. The van der Waals surface area contributed by atoms with Crippen LogP contribution in [0.1, 0.15) is 6.92 Å². The lowest BCUT2D eigenvalue weighted by Crippen LogP contribution is -2.37. The van der Waals surface area contributed by atoms with Crippen LogP contribution in [0.5, 0.6) is 0 Å². The average Bonchev–Trinajstić information content (AvgIpc) is 1.98. The number of ether oxygens (including phenoxy) is 1. The van der Waals surface area contributed by atoms with Crippen molar-refractivity contribution >= 4 is 5.97 Å². The number of methoxy groups -OCH3 is 1. The fourth-order valence-corrected chi connectivity index (χ4v) is 0.560. The van der Waals surface area contributed by atoms with Crippen LogP contribution in [-0.2, 0) is 9.53 Å². The molecule has 0 unspecified atom stereocenters. The van der Waals surface area contributed by atoms with Crippen molar-refractivity contribution in [2.75, 3.05) is 20.2 Å². The molecule has 0 heterocycles. The van der Waals surface area contributed by atoms with Gasteiger partial charge >= 0.3 is 5.97 Å². The molecule has 0 aromatic rings. The van der Waals surface area contributed by atoms with E-state index in [9.17, 15) is 4.79 Å². The molecule has 0 aliphatic heterocycles. The Kier molecular flexibility index (Phi) is 4.88. The van der Waals surface area contributed by atoms with Gasteiger partial charge in [0, 0.05) is 13.1 Å². The SMILES string of the molecule is COC(=O)[C@H](C)NCCN. The van der Waals surface area contributed by atoms with Crippen LogP contribution in [0.3, 0.4) is 0 Å². The van der Waals surface area contributed by atoms with Crippen LogP contribution < -0.4 is 11.1 Å². The van der Waals surface area contributed by atoms with E-state index < -0.39 is 0 Å². The van der Waals surface area contributed by atoms with E-state index >= 15 is 0 Å². The van der Waals surface area contributed by atoms with Crippen molar-refractivity contribution in [3.05, 3.63) is 0 Å². The topological polar surface area (TPSA) is 64.3 Å². The monoisotopic (exact) mass is 146 g/mol. The molecule has 10 heavy (non-hydrogen) atoms. The van der Waals surface area contributed by atoms with Gasteiger partial charge in [0.1, 0.15) is 6.04 Å². The van der Waals surface area contributed by atoms with Crippen molar-refractivity contribution in [3.8, 4) is 0 Å². The molecule has 0 aliphatic carbocycles. The fraction of sp³-hybridized carbons (Fsp3) is 0.833. The number of carbonyl (C=O) groups excluding carboxylic acids is 1. The molecular formula is C6H14N2O2. The lowest BCUT2D eigenvalue weighted by Gasteiger charge is -2.09.